The lowest BCUT2D eigenvalue weighted by Gasteiger charge is -2.12. The van der Waals surface area contributed by atoms with Crippen LogP contribution in [0.5, 0.6) is 11.5 Å². The number of nitrogens with zero attached hydrogens (tertiary/aromatic N) is 1. The molecule has 0 saturated carbocycles. The molecule has 1 atom stereocenters. The Morgan fingerprint density at radius 3 is 2.21 bits per heavy atom. The van der Waals surface area contributed by atoms with Crippen LogP contribution in [0.1, 0.15) is 80.6 Å². The number of hydrogen-bond acceptors (Lipinski definition) is 5. The lowest BCUT2D eigenvalue weighted by atomic mass is 10.1. The van der Waals surface area contributed by atoms with Crippen LogP contribution in [-0.4, -0.2) is 24.2 Å². The number of nitrogens with one attached hydrogen (secondary N) is 1. The number of carbonyl (C=O) groups excluding carboxylic acids is 1. The molecule has 0 aromatic heterocycles. The van der Waals surface area contributed by atoms with E-state index in [1.54, 1.807) is 0 Å². The maximum absolute atomic E-state index is 12.5. The molecule has 1 aliphatic heterocycles. The molecule has 0 bridgehead atoms. The largest absolute Gasteiger partial charge is 0.454 e. The van der Waals surface area contributed by atoms with Crippen molar-refractivity contribution in [1.82, 2.24) is 5.32 Å². The number of benzene rings is 1. The number of halogens is 1. The van der Waals surface area contributed by atoms with E-state index in [-0.39, 0.29) is 18.4 Å². The summed E-state index contributed by atoms with van der Waals surface area (Å²) in [7, 11) is 0. The van der Waals surface area contributed by atoms with Gasteiger partial charge in [-0.15, -0.1) is 0 Å². The molecule has 1 aromatic rings. The fourth-order valence-electron chi connectivity index (χ4n) is 3.36. The van der Waals surface area contributed by atoms with Gasteiger partial charge in [-0.3, -0.25) is 14.9 Å². The maximum Gasteiger partial charge on any atom is 0.278 e. The molecule has 0 saturated heterocycles. The molecule has 8 heteroatoms. The van der Waals surface area contributed by atoms with Crippen molar-refractivity contribution in [2.45, 2.75) is 75.1 Å². The number of carbonyl (C=O) groups is 1. The van der Waals surface area contributed by atoms with Gasteiger partial charge in [0.25, 0.3) is 5.69 Å². The van der Waals surface area contributed by atoms with Gasteiger partial charge in [0.1, 0.15) is 3.92 Å². The number of alkyl halides is 1. The first-order chi connectivity index (χ1) is 14.0. The van der Waals surface area contributed by atoms with E-state index in [1.165, 1.54) is 63.5 Å². The predicted octanol–water partition coefficient (Wildman–Crippen LogP) is 5.84. The van der Waals surface area contributed by atoms with Crippen molar-refractivity contribution in [2.75, 3.05) is 13.3 Å². The molecule has 0 fully saturated rings. The summed E-state index contributed by atoms with van der Waals surface area (Å²) in [6.45, 7) is 2.86. The van der Waals surface area contributed by atoms with Crippen LogP contribution in [0.15, 0.2) is 12.1 Å². The molecule has 162 valence electrons. The van der Waals surface area contributed by atoms with Crippen LogP contribution in [0.2, 0.25) is 0 Å². The summed E-state index contributed by atoms with van der Waals surface area (Å²) in [5, 5.41) is 14.3. The second-order valence-electron chi connectivity index (χ2n) is 7.36. The van der Waals surface area contributed by atoms with Crippen LogP contribution in [0.25, 0.3) is 0 Å². The van der Waals surface area contributed by atoms with Gasteiger partial charge in [-0.1, -0.05) is 87.3 Å². The fourth-order valence-corrected chi connectivity index (χ4v) is 4.08. The predicted molar refractivity (Wildman–Crippen MR) is 121 cm³/mol. The molecule has 1 heterocycles. The molecule has 0 radical (unpaired) electrons. The van der Waals surface area contributed by atoms with E-state index in [2.05, 4.69) is 12.2 Å². The Morgan fingerprint density at radius 1 is 1.07 bits per heavy atom. The van der Waals surface area contributed by atoms with Gasteiger partial charge >= 0.3 is 0 Å². The van der Waals surface area contributed by atoms with Gasteiger partial charge in [-0.05, 0) is 12.5 Å². The summed E-state index contributed by atoms with van der Waals surface area (Å²) >= 11 is 1.94. The number of rotatable bonds is 14. The Hall–Kier alpha value is -1.58. The Bertz CT molecular complexity index is 683. The average Bonchev–Trinajstić information content (AvgIpc) is 3.17. The van der Waals surface area contributed by atoms with Gasteiger partial charge < -0.3 is 14.8 Å². The van der Waals surface area contributed by atoms with Gasteiger partial charge in [-0.2, -0.15) is 0 Å². The van der Waals surface area contributed by atoms with Gasteiger partial charge in [0.2, 0.25) is 12.7 Å². The van der Waals surface area contributed by atoms with Crippen molar-refractivity contribution >= 4 is 34.2 Å². The van der Waals surface area contributed by atoms with E-state index < -0.39 is 8.85 Å². The third-order valence-corrected chi connectivity index (χ3v) is 6.29. The Labute approximate surface area is 186 Å². The summed E-state index contributed by atoms with van der Waals surface area (Å²) < 4.78 is 9.83. The minimum atomic E-state index is -0.661. The van der Waals surface area contributed by atoms with Crippen LogP contribution >= 0.6 is 22.6 Å². The lowest BCUT2D eigenvalue weighted by molar-refractivity contribution is -0.385. The smallest absolute Gasteiger partial charge is 0.278 e. The molecule has 0 aliphatic carbocycles. The quantitative estimate of drug-likeness (QED) is 0.110. The summed E-state index contributed by atoms with van der Waals surface area (Å²) in [5.41, 5.74) is 0.211. The molecule has 0 spiro atoms. The zero-order valence-corrected chi connectivity index (χ0v) is 19.2. The average molecular weight is 518 g/mol. The maximum atomic E-state index is 12.5. The second kappa shape index (κ2) is 12.9. The molecule has 1 unspecified atom stereocenters. The van der Waals surface area contributed by atoms with E-state index in [4.69, 9.17) is 9.47 Å². The van der Waals surface area contributed by atoms with Crippen molar-refractivity contribution in [2.24, 2.45) is 0 Å². The monoisotopic (exact) mass is 518 g/mol. The highest BCUT2D eigenvalue weighted by Gasteiger charge is 2.30. The first-order valence-corrected chi connectivity index (χ1v) is 11.8. The molecule has 1 N–H and O–H groups in total. The Morgan fingerprint density at radius 2 is 1.62 bits per heavy atom. The first kappa shape index (κ1) is 23.7. The van der Waals surface area contributed by atoms with Crippen molar-refractivity contribution in [3.63, 3.8) is 0 Å². The fraction of sp³-hybridized carbons (Fsp3) is 0.667. The Kier molecular flexibility index (Phi) is 10.5. The van der Waals surface area contributed by atoms with Crippen molar-refractivity contribution in [3.05, 3.63) is 27.8 Å². The summed E-state index contributed by atoms with van der Waals surface area (Å²) in [6, 6.07) is 2.87. The van der Waals surface area contributed by atoms with E-state index >= 15 is 0 Å². The van der Waals surface area contributed by atoms with Crippen LogP contribution in [0.4, 0.5) is 5.69 Å². The third-order valence-electron chi connectivity index (χ3n) is 5.05. The number of fused-ring (bicyclic) bond motifs is 1. The number of nitro groups is 1. The second-order valence-corrected chi connectivity index (χ2v) is 8.60. The zero-order chi connectivity index (χ0) is 21.1. The van der Waals surface area contributed by atoms with Crippen molar-refractivity contribution in [1.29, 1.82) is 0 Å². The molecule has 7 nitrogen and oxygen atoms in total. The molecule has 29 heavy (non-hydrogen) atoms. The normalized spacial score (nSPS) is 13.3. The molecule has 1 aromatic carbocycles. The van der Waals surface area contributed by atoms with Gasteiger partial charge in [-0.25, -0.2) is 0 Å². The van der Waals surface area contributed by atoms with E-state index in [0.29, 0.717) is 23.6 Å². The summed E-state index contributed by atoms with van der Waals surface area (Å²) in [4.78, 5) is 23.4. The zero-order valence-electron chi connectivity index (χ0n) is 17.1. The first-order valence-electron chi connectivity index (χ1n) is 10.5. The molecular formula is C21H31IN2O5. The van der Waals surface area contributed by atoms with Crippen LogP contribution in [0.3, 0.4) is 0 Å². The van der Waals surface area contributed by atoms with Crippen molar-refractivity contribution < 1.29 is 19.2 Å². The number of hydrogen-bond donors (Lipinski definition) is 1. The van der Waals surface area contributed by atoms with E-state index in [0.717, 1.165) is 12.8 Å². The summed E-state index contributed by atoms with van der Waals surface area (Å²) in [6.07, 6.45) is 12.4. The third kappa shape index (κ3) is 7.64. The van der Waals surface area contributed by atoms with E-state index in [1.807, 2.05) is 22.6 Å². The molecular weight excluding hydrogens is 487 g/mol. The minimum absolute atomic E-state index is 0.0345. The lowest BCUT2D eigenvalue weighted by Crippen LogP contribution is -2.28. The van der Waals surface area contributed by atoms with Crippen LogP contribution < -0.4 is 14.8 Å². The van der Waals surface area contributed by atoms with Gasteiger partial charge in [0, 0.05) is 6.54 Å². The number of ether oxygens (including phenoxy) is 2. The minimum Gasteiger partial charge on any atom is -0.454 e. The van der Waals surface area contributed by atoms with Crippen LogP contribution in [0, 0.1) is 10.1 Å². The molecule has 1 amide bonds. The molecule has 2 rings (SSSR count). The summed E-state index contributed by atoms with van der Waals surface area (Å²) in [5.74, 6) is 0.563. The van der Waals surface area contributed by atoms with Gasteiger partial charge in [0.05, 0.1) is 16.6 Å². The highest BCUT2D eigenvalue weighted by molar-refractivity contribution is 14.1. The topological polar surface area (TPSA) is 90.7 Å². The van der Waals surface area contributed by atoms with Gasteiger partial charge in [0.15, 0.2) is 11.5 Å². The van der Waals surface area contributed by atoms with Crippen LogP contribution in [-0.2, 0) is 4.79 Å². The standard InChI is InChI=1S/C21H31IN2O5/c1-2-3-4-5-6-7-8-9-10-11-12-23-21(25)20(22)16-13-18-19(29-15-28-18)14-17(16)24(26)27/h13-14,20H,2-12,15H2,1H3,(H,23,25). The SMILES string of the molecule is CCCCCCCCCCCCNC(=O)C(I)c1cc2c(cc1[N+](=O)[O-])OCO2. The number of unbranched alkanes of at least 4 members (excludes halogenated alkanes) is 9. The van der Waals surface area contributed by atoms with E-state index in [9.17, 15) is 14.9 Å². The number of nitro benzene ring substituents is 1. The molecule has 1 aliphatic rings. The Balaban J connectivity index is 1.69. The van der Waals surface area contributed by atoms with Crippen molar-refractivity contribution in [3.8, 4) is 11.5 Å². The highest BCUT2D eigenvalue weighted by Crippen LogP contribution is 2.42. The highest BCUT2D eigenvalue weighted by atomic mass is 127. The number of amides is 1.